The Balaban J connectivity index is 4.23. The first-order chi connectivity index (χ1) is 4.15. The maximum atomic E-state index is 2.28. The minimum Gasteiger partial charge on any atom is -0.282 e. The lowest BCUT2D eigenvalue weighted by atomic mass is 10.3. The van der Waals surface area contributed by atoms with E-state index in [0.717, 1.165) is 8.97 Å². The van der Waals surface area contributed by atoms with Crippen LogP contribution in [0.2, 0.25) is 0 Å². The SMILES string of the molecule is CC([N+](C)(C)C)[N+](C)(C)C. The van der Waals surface area contributed by atoms with Crippen molar-refractivity contribution in [1.29, 1.82) is 0 Å². The molecule has 0 radical (unpaired) electrons. The molecule has 0 atom stereocenters. The van der Waals surface area contributed by atoms with Crippen LogP contribution in [0.25, 0.3) is 0 Å². The van der Waals surface area contributed by atoms with E-state index in [2.05, 4.69) is 49.2 Å². The minimum absolute atomic E-state index is 0.639. The normalized spacial score (nSPS) is 14.4. The van der Waals surface area contributed by atoms with E-state index in [4.69, 9.17) is 0 Å². The van der Waals surface area contributed by atoms with Crippen LogP contribution in [0.3, 0.4) is 0 Å². The summed E-state index contributed by atoms with van der Waals surface area (Å²) in [5, 5.41) is 0. The van der Waals surface area contributed by atoms with Crippen LogP contribution in [0.1, 0.15) is 6.92 Å². The molecule has 0 saturated heterocycles. The fraction of sp³-hybridized carbons (Fsp3) is 1.00. The molecule has 0 spiro atoms. The molecule has 0 rings (SSSR count). The molecule has 2 nitrogen and oxygen atoms in total. The second-order valence-electron chi connectivity index (χ2n) is 4.86. The number of rotatable bonds is 2. The van der Waals surface area contributed by atoms with E-state index < -0.39 is 0 Å². The van der Waals surface area contributed by atoms with E-state index in [1.54, 1.807) is 0 Å². The van der Waals surface area contributed by atoms with Crippen LogP contribution in [-0.4, -0.2) is 57.4 Å². The Kier molecular flexibility index (Phi) is 2.49. The Morgan fingerprint density at radius 1 is 0.700 bits per heavy atom. The highest BCUT2D eigenvalue weighted by Gasteiger charge is 2.30. The van der Waals surface area contributed by atoms with Gasteiger partial charge in [0.25, 0.3) is 0 Å². The lowest BCUT2D eigenvalue weighted by molar-refractivity contribution is -1.09. The third-order valence-corrected chi connectivity index (χ3v) is 2.24. The van der Waals surface area contributed by atoms with Crippen LogP contribution in [0, 0.1) is 0 Å². The van der Waals surface area contributed by atoms with Crippen LogP contribution in [0.4, 0.5) is 0 Å². The van der Waals surface area contributed by atoms with Crippen molar-refractivity contribution in [2.75, 3.05) is 42.3 Å². The predicted octanol–water partition coefficient (Wildman–Crippen LogP) is 0.745. The van der Waals surface area contributed by atoms with E-state index in [1.807, 2.05) is 0 Å². The molecule has 10 heavy (non-hydrogen) atoms. The molecule has 0 saturated carbocycles. The topological polar surface area (TPSA) is 0 Å². The van der Waals surface area contributed by atoms with Gasteiger partial charge in [-0.2, -0.15) is 0 Å². The largest absolute Gasteiger partial charge is 0.282 e. The van der Waals surface area contributed by atoms with E-state index in [9.17, 15) is 0 Å². The second-order valence-corrected chi connectivity index (χ2v) is 4.86. The molecule has 0 N–H and O–H groups in total. The third-order valence-electron chi connectivity index (χ3n) is 2.24. The first-order valence-electron chi connectivity index (χ1n) is 3.78. The van der Waals surface area contributed by atoms with E-state index >= 15 is 0 Å². The van der Waals surface area contributed by atoms with Gasteiger partial charge in [0.2, 0.25) is 6.17 Å². The Morgan fingerprint density at radius 2 is 0.900 bits per heavy atom. The number of quaternary nitrogens is 2. The van der Waals surface area contributed by atoms with Gasteiger partial charge in [-0.3, -0.25) is 8.97 Å². The van der Waals surface area contributed by atoms with Crippen molar-refractivity contribution in [3.63, 3.8) is 0 Å². The molecule has 0 heterocycles. The average molecular weight is 146 g/mol. The summed E-state index contributed by atoms with van der Waals surface area (Å²) in [5.41, 5.74) is 0. The van der Waals surface area contributed by atoms with Gasteiger partial charge in [0, 0.05) is 6.92 Å². The van der Waals surface area contributed by atoms with Gasteiger partial charge in [-0.1, -0.05) is 0 Å². The fourth-order valence-electron chi connectivity index (χ4n) is 1.04. The molecular weight excluding hydrogens is 124 g/mol. The van der Waals surface area contributed by atoms with Crippen molar-refractivity contribution in [3.8, 4) is 0 Å². The molecule has 0 aromatic heterocycles. The molecule has 0 aliphatic carbocycles. The van der Waals surface area contributed by atoms with Gasteiger partial charge >= 0.3 is 0 Å². The fourth-order valence-corrected chi connectivity index (χ4v) is 1.04. The zero-order chi connectivity index (χ0) is 8.58. The molecule has 0 unspecified atom stereocenters. The van der Waals surface area contributed by atoms with Crippen LogP contribution in [0.15, 0.2) is 0 Å². The molecular formula is C8H22N2+2. The van der Waals surface area contributed by atoms with Crippen LogP contribution >= 0.6 is 0 Å². The maximum absolute atomic E-state index is 2.28. The lowest BCUT2D eigenvalue weighted by Crippen LogP contribution is -2.59. The molecule has 2 heteroatoms. The monoisotopic (exact) mass is 146 g/mol. The van der Waals surface area contributed by atoms with E-state index in [1.165, 1.54) is 0 Å². The van der Waals surface area contributed by atoms with Gasteiger partial charge in [0.05, 0.1) is 42.3 Å². The molecule has 0 amide bonds. The molecule has 0 aromatic rings. The molecule has 0 aliphatic heterocycles. The summed E-state index contributed by atoms with van der Waals surface area (Å²) in [7, 11) is 13.4. The van der Waals surface area contributed by atoms with Crippen molar-refractivity contribution in [1.82, 2.24) is 0 Å². The summed E-state index contributed by atoms with van der Waals surface area (Å²) in [4.78, 5) is 0. The minimum atomic E-state index is 0.639. The first kappa shape index (κ1) is 9.92. The van der Waals surface area contributed by atoms with E-state index in [-0.39, 0.29) is 0 Å². The highest BCUT2D eigenvalue weighted by atomic mass is 15.5. The summed E-state index contributed by atoms with van der Waals surface area (Å²) in [6.07, 6.45) is 0.639. The Morgan fingerprint density at radius 3 is 0.900 bits per heavy atom. The predicted molar refractivity (Wildman–Crippen MR) is 45.5 cm³/mol. The molecule has 0 fully saturated rings. The molecule has 0 aliphatic rings. The van der Waals surface area contributed by atoms with Crippen molar-refractivity contribution in [3.05, 3.63) is 0 Å². The van der Waals surface area contributed by atoms with Gasteiger partial charge in [-0.05, 0) is 0 Å². The van der Waals surface area contributed by atoms with Crippen molar-refractivity contribution in [2.45, 2.75) is 13.1 Å². The Labute approximate surface area is 65.2 Å². The summed E-state index contributed by atoms with van der Waals surface area (Å²) in [6, 6.07) is 0. The number of hydrogen-bond donors (Lipinski definition) is 0. The van der Waals surface area contributed by atoms with Gasteiger partial charge in [0.15, 0.2) is 0 Å². The molecule has 0 aromatic carbocycles. The number of nitrogens with zero attached hydrogens (tertiary/aromatic N) is 2. The van der Waals surface area contributed by atoms with Crippen LogP contribution in [0.5, 0.6) is 0 Å². The van der Waals surface area contributed by atoms with Crippen molar-refractivity contribution >= 4 is 0 Å². The Hall–Kier alpha value is -0.0800. The Bertz CT molecular complexity index is 91.4. The van der Waals surface area contributed by atoms with E-state index in [0.29, 0.717) is 6.17 Å². The zero-order valence-electron chi connectivity index (χ0n) is 8.47. The van der Waals surface area contributed by atoms with Gasteiger partial charge in [0.1, 0.15) is 0 Å². The summed E-state index contributed by atoms with van der Waals surface area (Å²) in [5.74, 6) is 0. The molecule has 0 bridgehead atoms. The van der Waals surface area contributed by atoms with Gasteiger partial charge in [-0.15, -0.1) is 0 Å². The summed E-state index contributed by atoms with van der Waals surface area (Å²) in [6.45, 7) is 2.28. The third kappa shape index (κ3) is 2.67. The zero-order valence-corrected chi connectivity index (χ0v) is 8.47. The van der Waals surface area contributed by atoms with Crippen molar-refractivity contribution < 1.29 is 8.97 Å². The highest BCUT2D eigenvalue weighted by molar-refractivity contribution is 4.28. The number of hydrogen-bond acceptors (Lipinski definition) is 0. The quantitative estimate of drug-likeness (QED) is 0.398. The maximum Gasteiger partial charge on any atom is 0.212 e. The summed E-state index contributed by atoms with van der Waals surface area (Å²) >= 11 is 0. The van der Waals surface area contributed by atoms with Crippen LogP contribution < -0.4 is 0 Å². The summed E-state index contributed by atoms with van der Waals surface area (Å²) < 4.78 is 2.03. The average Bonchev–Trinajstić information content (AvgIpc) is 1.59. The van der Waals surface area contributed by atoms with Crippen molar-refractivity contribution in [2.24, 2.45) is 0 Å². The van der Waals surface area contributed by atoms with Gasteiger partial charge in [-0.25, -0.2) is 0 Å². The smallest absolute Gasteiger partial charge is 0.212 e. The highest BCUT2D eigenvalue weighted by Crippen LogP contribution is 2.10. The second kappa shape index (κ2) is 2.51. The first-order valence-corrected chi connectivity index (χ1v) is 3.78. The standard InChI is InChI=1S/C8H22N2/c1-8(9(2,3)4)10(5,6)7/h8H,1-7H3/q+2. The van der Waals surface area contributed by atoms with Gasteiger partial charge < -0.3 is 0 Å². The van der Waals surface area contributed by atoms with Crippen LogP contribution in [-0.2, 0) is 0 Å². The molecule has 62 valence electrons. The lowest BCUT2D eigenvalue weighted by Gasteiger charge is -2.40.